The molecule has 0 fully saturated rings. The Bertz CT molecular complexity index is 2230. The van der Waals surface area contributed by atoms with Crippen molar-refractivity contribution in [2.75, 3.05) is 29.5 Å². The molecule has 0 saturated heterocycles. The van der Waals surface area contributed by atoms with Crippen molar-refractivity contribution in [3.05, 3.63) is 104 Å². The molecule has 2 N–H and O–H groups in total. The van der Waals surface area contributed by atoms with Crippen LogP contribution in [-0.2, 0) is 56.7 Å². The highest BCUT2D eigenvalue weighted by Crippen LogP contribution is 2.50. The number of hydrogen-bond acceptors (Lipinski definition) is 5. The van der Waals surface area contributed by atoms with Gasteiger partial charge in [0.25, 0.3) is 20.2 Å². The highest BCUT2D eigenvalue weighted by molar-refractivity contribution is 7.86. The van der Waals surface area contributed by atoms with Crippen LogP contribution in [0.25, 0.3) is 0 Å². The van der Waals surface area contributed by atoms with Gasteiger partial charge in [0.2, 0.25) is 5.69 Å². The van der Waals surface area contributed by atoms with Crippen LogP contribution in [-0.4, -0.2) is 60.8 Å². The van der Waals surface area contributed by atoms with Crippen molar-refractivity contribution in [2.24, 2.45) is 0 Å². The highest BCUT2D eigenvalue weighted by atomic mass is 35.5. The average Bonchev–Trinajstić information content (AvgIpc) is 3.85. The van der Waals surface area contributed by atoms with E-state index in [1.165, 1.54) is 33.4 Å². The van der Waals surface area contributed by atoms with Crippen molar-refractivity contribution >= 4 is 48.9 Å². The summed E-state index contributed by atoms with van der Waals surface area (Å²) in [6.07, 6.45) is 17.3. The molecular formula is C41H50ClN2O6S2+. The van der Waals surface area contributed by atoms with Gasteiger partial charge in [-0.15, -0.1) is 0 Å². The van der Waals surface area contributed by atoms with E-state index in [0.29, 0.717) is 25.9 Å². The van der Waals surface area contributed by atoms with Crippen LogP contribution in [0.1, 0.15) is 99.6 Å². The van der Waals surface area contributed by atoms with Crippen molar-refractivity contribution in [1.29, 1.82) is 0 Å². The van der Waals surface area contributed by atoms with E-state index in [1.54, 1.807) is 0 Å². The molecule has 0 saturated carbocycles. The standard InChI is InChI=1S/C41H49ClN2O6S2/c1-40(2)33-23-29-9-5-11-31(29)25-35(33)43(19-7-21-51(45,46)47)37(40)17-15-27-13-14-28(39(27)42)16-18-38-41(3,4)34-24-30-10-6-12-32(30)26-36(34)44(38)20-8-22-52(48,49)50/h15-18,23-26H,5-14,19-22H2,1-4H3,(H-,45,46,47,48,49,50)/p+1. The van der Waals surface area contributed by atoms with Crippen LogP contribution in [0.5, 0.6) is 0 Å². The van der Waals surface area contributed by atoms with E-state index in [2.05, 4.69) is 85.7 Å². The molecule has 8 nitrogen and oxygen atoms in total. The topological polar surface area (TPSA) is 115 Å². The zero-order valence-corrected chi connectivity index (χ0v) is 33.0. The average molecular weight is 766 g/mol. The molecular weight excluding hydrogens is 716 g/mol. The lowest BCUT2D eigenvalue weighted by atomic mass is 9.80. The number of anilines is 1. The second kappa shape index (κ2) is 13.7. The lowest BCUT2D eigenvalue weighted by Crippen LogP contribution is -2.28. The van der Waals surface area contributed by atoms with Gasteiger partial charge in [0, 0.05) is 52.5 Å². The summed E-state index contributed by atoms with van der Waals surface area (Å²) in [5, 5.41) is 0.726. The van der Waals surface area contributed by atoms with Crippen molar-refractivity contribution in [2.45, 2.75) is 103 Å². The molecule has 2 aliphatic heterocycles. The number of hydrogen-bond donors (Lipinski definition) is 2. The second-order valence-electron chi connectivity index (χ2n) is 16.1. The first-order chi connectivity index (χ1) is 24.4. The number of rotatable bonds is 11. The van der Waals surface area contributed by atoms with Gasteiger partial charge in [0.05, 0.1) is 16.9 Å². The number of halogens is 1. The zero-order chi connectivity index (χ0) is 37.2. The molecule has 0 bridgehead atoms. The largest absolute Gasteiger partial charge is 0.344 e. The highest BCUT2D eigenvalue weighted by Gasteiger charge is 2.45. The van der Waals surface area contributed by atoms with Crippen LogP contribution < -0.4 is 4.90 Å². The molecule has 5 aliphatic rings. The zero-order valence-electron chi connectivity index (χ0n) is 30.6. The maximum absolute atomic E-state index is 11.6. The van der Waals surface area contributed by atoms with E-state index in [9.17, 15) is 25.9 Å². The summed E-state index contributed by atoms with van der Waals surface area (Å²) >= 11 is 7.12. The van der Waals surface area contributed by atoms with E-state index in [4.69, 9.17) is 11.6 Å². The third kappa shape index (κ3) is 7.14. The molecule has 0 spiro atoms. The Balaban J connectivity index is 1.20. The fraction of sp³-hybridized carbons (Fsp3) is 0.488. The van der Waals surface area contributed by atoms with Crippen LogP contribution in [0.15, 0.2) is 70.4 Å². The van der Waals surface area contributed by atoms with Crippen LogP contribution in [0, 0.1) is 0 Å². The summed E-state index contributed by atoms with van der Waals surface area (Å²) in [5.74, 6) is -0.575. The summed E-state index contributed by atoms with van der Waals surface area (Å²) < 4.78 is 67.6. The Hall–Kier alpha value is -3.02. The molecule has 0 atom stereocenters. The molecule has 2 aromatic rings. The Morgan fingerprint density at radius 2 is 1.35 bits per heavy atom. The minimum absolute atomic E-state index is 0.288. The SMILES string of the molecule is CC1(C)C(/C=C/C2=C(Cl)C(=C/C=C3\N(CCCS(=O)(=O)O)c4cc5c(cc4C3(C)C)CCC5)CC2)=[N+](CCCS(=O)(=O)O)c2cc3c(cc21)CCC3. The van der Waals surface area contributed by atoms with Gasteiger partial charge >= 0.3 is 0 Å². The smallest absolute Gasteiger partial charge is 0.265 e. The van der Waals surface area contributed by atoms with Gasteiger partial charge < -0.3 is 4.90 Å². The molecule has 0 radical (unpaired) electrons. The van der Waals surface area contributed by atoms with Crippen molar-refractivity contribution in [3.63, 3.8) is 0 Å². The molecule has 278 valence electrons. The molecule has 0 aromatic heterocycles. The maximum Gasteiger partial charge on any atom is 0.265 e. The number of benzene rings is 2. The minimum Gasteiger partial charge on any atom is -0.344 e. The molecule has 0 amide bonds. The molecule has 52 heavy (non-hydrogen) atoms. The van der Waals surface area contributed by atoms with Gasteiger partial charge in [-0.25, -0.2) is 0 Å². The van der Waals surface area contributed by atoms with Crippen LogP contribution >= 0.6 is 11.6 Å². The maximum atomic E-state index is 11.6. The molecule has 7 rings (SSSR count). The first-order valence-electron chi connectivity index (χ1n) is 18.6. The fourth-order valence-corrected chi connectivity index (χ4v) is 10.4. The van der Waals surface area contributed by atoms with Crippen LogP contribution in [0.3, 0.4) is 0 Å². The second-order valence-corrected chi connectivity index (χ2v) is 19.6. The van der Waals surface area contributed by atoms with Crippen LogP contribution in [0.4, 0.5) is 11.4 Å². The monoisotopic (exact) mass is 765 g/mol. The van der Waals surface area contributed by atoms with E-state index in [0.717, 1.165) is 90.3 Å². The Labute approximate surface area is 314 Å². The summed E-state index contributed by atoms with van der Waals surface area (Å²) in [6.45, 7) is 9.82. The minimum atomic E-state index is -4.07. The summed E-state index contributed by atoms with van der Waals surface area (Å²) in [7, 11) is -8.13. The molecule has 2 heterocycles. The molecule has 3 aliphatic carbocycles. The predicted molar refractivity (Wildman–Crippen MR) is 210 cm³/mol. The van der Waals surface area contributed by atoms with Gasteiger partial charge in [-0.2, -0.15) is 21.4 Å². The predicted octanol–water partition coefficient (Wildman–Crippen LogP) is 8.05. The summed E-state index contributed by atoms with van der Waals surface area (Å²) in [4.78, 5) is 2.23. The van der Waals surface area contributed by atoms with Crippen molar-refractivity contribution in [1.82, 2.24) is 0 Å². The Morgan fingerprint density at radius 1 is 0.750 bits per heavy atom. The number of nitrogens with zero attached hydrogens (tertiary/aromatic N) is 2. The number of fused-ring (bicyclic) bond motifs is 4. The lowest BCUT2D eigenvalue weighted by molar-refractivity contribution is -0.437. The first-order valence-corrected chi connectivity index (χ1v) is 22.2. The van der Waals surface area contributed by atoms with Gasteiger partial charge in [0.1, 0.15) is 6.54 Å². The third-order valence-corrected chi connectivity index (χ3v) is 14.0. The molecule has 11 heteroatoms. The third-order valence-electron chi connectivity index (χ3n) is 11.9. The van der Waals surface area contributed by atoms with Gasteiger partial charge in [-0.05, 0) is 129 Å². The fourth-order valence-electron chi connectivity index (χ4n) is 9.14. The van der Waals surface area contributed by atoms with E-state index in [-0.39, 0.29) is 22.3 Å². The summed E-state index contributed by atoms with van der Waals surface area (Å²) in [5.41, 5.74) is 13.9. The van der Waals surface area contributed by atoms with Gasteiger partial charge in [-0.3, -0.25) is 9.11 Å². The summed E-state index contributed by atoms with van der Waals surface area (Å²) in [6, 6.07) is 9.25. The van der Waals surface area contributed by atoms with Crippen molar-refractivity contribution < 1.29 is 30.5 Å². The normalized spacial score (nSPS) is 22.0. The van der Waals surface area contributed by atoms with E-state index >= 15 is 0 Å². The van der Waals surface area contributed by atoms with E-state index < -0.39 is 20.2 Å². The van der Waals surface area contributed by atoms with Gasteiger partial charge in [0.15, 0.2) is 5.71 Å². The Kier molecular flexibility index (Phi) is 9.81. The lowest BCUT2D eigenvalue weighted by Gasteiger charge is -2.27. The van der Waals surface area contributed by atoms with Crippen LogP contribution in [0.2, 0.25) is 0 Å². The van der Waals surface area contributed by atoms with E-state index in [1.807, 2.05) is 0 Å². The van der Waals surface area contributed by atoms with Crippen molar-refractivity contribution in [3.8, 4) is 0 Å². The first kappa shape index (κ1) is 37.3. The molecule has 2 aromatic carbocycles. The number of allylic oxidation sites excluding steroid dienone is 8. The molecule has 0 unspecified atom stereocenters. The number of aryl methyl sites for hydroxylation is 4. The quantitative estimate of drug-likeness (QED) is 0.176. The van der Waals surface area contributed by atoms with Gasteiger partial charge in [-0.1, -0.05) is 43.7 Å². The Morgan fingerprint density at radius 3 is 2.00 bits per heavy atom.